The van der Waals surface area contributed by atoms with Crippen molar-refractivity contribution in [3.63, 3.8) is 0 Å². The van der Waals surface area contributed by atoms with Crippen LogP contribution in [0.1, 0.15) is 35.4 Å². The summed E-state index contributed by atoms with van der Waals surface area (Å²) in [5.41, 5.74) is 3.73. The quantitative estimate of drug-likeness (QED) is 0.888. The molecule has 0 spiro atoms. The molecule has 0 radical (unpaired) electrons. The number of rotatable bonds is 5. The van der Waals surface area contributed by atoms with Crippen molar-refractivity contribution >= 4 is 6.03 Å². The van der Waals surface area contributed by atoms with Gasteiger partial charge in [-0.15, -0.1) is 0 Å². The van der Waals surface area contributed by atoms with E-state index in [4.69, 9.17) is 4.74 Å². The lowest BCUT2D eigenvalue weighted by Crippen LogP contribution is -2.38. The Bertz CT molecular complexity index is 685. The van der Waals surface area contributed by atoms with Crippen LogP contribution in [0.25, 0.3) is 0 Å². The third-order valence-corrected chi connectivity index (χ3v) is 4.46. The van der Waals surface area contributed by atoms with Crippen LogP contribution >= 0.6 is 0 Å². The number of benzene rings is 1. The number of nitrogens with one attached hydrogen (secondary N) is 2. The van der Waals surface area contributed by atoms with E-state index in [-0.39, 0.29) is 6.03 Å². The summed E-state index contributed by atoms with van der Waals surface area (Å²) in [4.78, 5) is 16.2. The van der Waals surface area contributed by atoms with E-state index in [0.717, 1.165) is 18.4 Å². The Morgan fingerprint density at radius 1 is 1.25 bits per heavy atom. The van der Waals surface area contributed by atoms with E-state index in [1.54, 1.807) is 19.4 Å². The first-order valence-corrected chi connectivity index (χ1v) is 8.34. The highest BCUT2D eigenvalue weighted by atomic mass is 16.5. The van der Waals surface area contributed by atoms with E-state index in [9.17, 15) is 4.79 Å². The Balaban J connectivity index is 1.47. The lowest BCUT2D eigenvalue weighted by atomic mass is 9.83. The molecule has 24 heavy (non-hydrogen) atoms. The summed E-state index contributed by atoms with van der Waals surface area (Å²) < 4.78 is 5.02. The normalized spacial score (nSPS) is 16.1. The highest BCUT2D eigenvalue weighted by Crippen LogP contribution is 2.30. The molecule has 1 aliphatic rings. The molecular formula is C19H23N3O2. The van der Waals surface area contributed by atoms with Crippen LogP contribution in [-0.2, 0) is 13.0 Å². The number of fused-ring (bicyclic) bond motifs is 1. The zero-order valence-electron chi connectivity index (χ0n) is 13.9. The van der Waals surface area contributed by atoms with Crippen molar-refractivity contribution in [2.24, 2.45) is 0 Å². The molecule has 1 aromatic heterocycles. The molecule has 1 heterocycles. The van der Waals surface area contributed by atoms with Crippen LogP contribution in [0.3, 0.4) is 0 Å². The fraction of sp³-hybridized carbons (Fsp3) is 0.368. The van der Waals surface area contributed by atoms with E-state index in [0.29, 0.717) is 24.9 Å². The van der Waals surface area contributed by atoms with Gasteiger partial charge in [0.15, 0.2) is 0 Å². The number of ether oxygens (including phenoxy) is 1. The van der Waals surface area contributed by atoms with Gasteiger partial charge in [-0.25, -0.2) is 9.78 Å². The highest BCUT2D eigenvalue weighted by molar-refractivity contribution is 5.73. The molecule has 1 aromatic carbocycles. The summed E-state index contributed by atoms with van der Waals surface area (Å²) in [5, 5.41) is 5.86. The Labute approximate surface area is 142 Å². The van der Waals surface area contributed by atoms with Gasteiger partial charge < -0.3 is 15.4 Å². The van der Waals surface area contributed by atoms with E-state index < -0.39 is 0 Å². The minimum atomic E-state index is -0.145. The van der Waals surface area contributed by atoms with E-state index >= 15 is 0 Å². The predicted molar refractivity (Wildman–Crippen MR) is 93.1 cm³/mol. The minimum absolute atomic E-state index is 0.145. The monoisotopic (exact) mass is 325 g/mol. The molecule has 1 atom stereocenters. The summed E-state index contributed by atoms with van der Waals surface area (Å²) in [6.45, 7) is 1.12. The molecule has 5 heteroatoms. The fourth-order valence-corrected chi connectivity index (χ4v) is 3.16. The first-order valence-electron chi connectivity index (χ1n) is 8.34. The second kappa shape index (κ2) is 7.81. The average molecular weight is 325 g/mol. The number of carbonyl (C=O) groups excluding carboxylic acids is 1. The van der Waals surface area contributed by atoms with Crippen molar-refractivity contribution in [1.82, 2.24) is 15.6 Å². The minimum Gasteiger partial charge on any atom is -0.481 e. The topological polar surface area (TPSA) is 63.2 Å². The lowest BCUT2D eigenvalue weighted by molar-refractivity contribution is 0.239. The van der Waals surface area contributed by atoms with Crippen molar-refractivity contribution < 1.29 is 9.53 Å². The molecule has 3 rings (SSSR count). The zero-order chi connectivity index (χ0) is 16.8. The first kappa shape index (κ1) is 16.3. The number of urea groups is 1. The van der Waals surface area contributed by atoms with Gasteiger partial charge in [0.1, 0.15) is 0 Å². The lowest BCUT2D eigenvalue weighted by Gasteiger charge is -2.25. The predicted octanol–water partition coefficient (Wildman–Crippen LogP) is 3.01. The molecular weight excluding hydrogens is 302 g/mol. The second-order valence-electron chi connectivity index (χ2n) is 6.06. The van der Waals surface area contributed by atoms with Gasteiger partial charge in [0, 0.05) is 31.3 Å². The smallest absolute Gasteiger partial charge is 0.315 e. The molecule has 1 aliphatic carbocycles. The molecule has 0 saturated carbocycles. The van der Waals surface area contributed by atoms with Gasteiger partial charge in [0.25, 0.3) is 0 Å². The molecule has 2 amide bonds. The van der Waals surface area contributed by atoms with Crippen LogP contribution < -0.4 is 15.4 Å². The number of hydrogen-bond acceptors (Lipinski definition) is 3. The molecule has 1 unspecified atom stereocenters. The van der Waals surface area contributed by atoms with Gasteiger partial charge >= 0.3 is 6.03 Å². The van der Waals surface area contributed by atoms with Gasteiger partial charge in [-0.2, -0.15) is 0 Å². The molecule has 0 bridgehead atoms. The molecule has 2 aromatic rings. The van der Waals surface area contributed by atoms with Gasteiger partial charge in [0.2, 0.25) is 5.88 Å². The molecule has 0 saturated heterocycles. The van der Waals surface area contributed by atoms with Crippen LogP contribution in [0, 0.1) is 0 Å². The summed E-state index contributed by atoms with van der Waals surface area (Å²) in [6.07, 6.45) is 5.15. The van der Waals surface area contributed by atoms with Gasteiger partial charge in [-0.05, 0) is 36.0 Å². The second-order valence-corrected chi connectivity index (χ2v) is 6.06. The summed E-state index contributed by atoms with van der Waals surface area (Å²) in [7, 11) is 1.58. The molecule has 0 aliphatic heterocycles. The van der Waals surface area contributed by atoms with Crippen molar-refractivity contribution in [1.29, 1.82) is 0 Å². The maximum atomic E-state index is 12.0. The number of pyridine rings is 1. The summed E-state index contributed by atoms with van der Waals surface area (Å²) >= 11 is 0. The van der Waals surface area contributed by atoms with E-state index in [1.807, 2.05) is 6.07 Å². The number of aromatic nitrogens is 1. The van der Waals surface area contributed by atoms with Crippen molar-refractivity contribution in [2.75, 3.05) is 13.7 Å². The highest BCUT2D eigenvalue weighted by Gasteiger charge is 2.20. The Morgan fingerprint density at radius 2 is 2.12 bits per heavy atom. The van der Waals surface area contributed by atoms with Crippen molar-refractivity contribution in [2.45, 2.75) is 31.7 Å². The van der Waals surface area contributed by atoms with Gasteiger partial charge in [-0.3, -0.25) is 0 Å². The van der Waals surface area contributed by atoms with Crippen LogP contribution in [-0.4, -0.2) is 24.7 Å². The third-order valence-electron chi connectivity index (χ3n) is 4.46. The maximum absolute atomic E-state index is 12.0. The number of methoxy groups -OCH3 is 1. The van der Waals surface area contributed by atoms with E-state index in [2.05, 4.69) is 39.9 Å². The molecule has 126 valence electrons. The maximum Gasteiger partial charge on any atom is 0.315 e. The van der Waals surface area contributed by atoms with Crippen LogP contribution in [0.15, 0.2) is 42.6 Å². The summed E-state index contributed by atoms with van der Waals surface area (Å²) in [6, 6.07) is 12.1. The largest absolute Gasteiger partial charge is 0.481 e. The Morgan fingerprint density at radius 3 is 2.92 bits per heavy atom. The standard InChI is InChI=1S/C19H23N3O2/c1-24-18-10-9-14(11-20-18)12-21-19(23)22-13-16-7-4-6-15-5-2-3-8-17(15)16/h2-3,5,8-11,16H,4,6-7,12-13H2,1H3,(H2,21,22,23). The van der Waals surface area contributed by atoms with Gasteiger partial charge in [0.05, 0.1) is 7.11 Å². The SMILES string of the molecule is COc1ccc(CNC(=O)NCC2CCCc3ccccc32)cn1. The first-order chi connectivity index (χ1) is 11.8. The van der Waals surface area contributed by atoms with Crippen LogP contribution in [0.4, 0.5) is 4.79 Å². The average Bonchev–Trinajstić information content (AvgIpc) is 2.65. The Hall–Kier alpha value is -2.56. The number of aryl methyl sites for hydroxylation is 1. The van der Waals surface area contributed by atoms with Crippen LogP contribution in [0.2, 0.25) is 0 Å². The van der Waals surface area contributed by atoms with Gasteiger partial charge in [-0.1, -0.05) is 30.3 Å². The molecule has 5 nitrogen and oxygen atoms in total. The van der Waals surface area contributed by atoms with E-state index in [1.165, 1.54) is 17.5 Å². The third kappa shape index (κ3) is 4.04. The Kier molecular flexibility index (Phi) is 5.31. The number of amides is 2. The molecule has 0 fully saturated rings. The fourth-order valence-electron chi connectivity index (χ4n) is 3.16. The van der Waals surface area contributed by atoms with Crippen molar-refractivity contribution in [3.8, 4) is 5.88 Å². The molecule has 2 N–H and O–H groups in total. The van der Waals surface area contributed by atoms with Crippen LogP contribution in [0.5, 0.6) is 5.88 Å². The number of hydrogen-bond donors (Lipinski definition) is 2. The van der Waals surface area contributed by atoms with Crippen molar-refractivity contribution in [3.05, 3.63) is 59.3 Å². The zero-order valence-corrected chi connectivity index (χ0v) is 13.9. The summed E-state index contributed by atoms with van der Waals surface area (Å²) in [5.74, 6) is 0.975. The number of nitrogens with zero attached hydrogens (tertiary/aromatic N) is 1. The number of carbonyl (C=O) groups is 1.